The molecule has 5 heteroatoms. The molecule has 1 fully saturated rings. The van der Waals surface area contributed by atoms with Crippen LogP contribution in [0.15, 0.2) is 24.3 Å². The molecule has 1 aromatic carbocycles. The first-order chi connectivity index (χ1) is 10.7. The molecule has 23 heavy (non-hydrogen) atoms. The lowest BCUT2D eigenvalue weighted by Gasteiger charge is -2.22. The number of rotatable bonds is 4. The molecule has 0 aromatic heterocycles. The van der Waals surface area contributed by atoms with Gasteiger partial charge >= 0.3 is 6.09 Å². The zero-order valence-electron chi connectivity index (χ0n) is 14.4. The Bertz CT molecular complexity index is 542. The molecule has 0 spiro atoms. The van der Waals surface area contributed by atoms with Crippen LogP contribution in [0.3, 0.4) is 0 Å². The second-order valence-corrected chi connectivity index (χ2v) is 7.30. The maximum absolute atomic E-state index is 13.3. The minimum absolute atomic E-state index is 0.0796. The van der Waals surface area contributed by atoms with E-state index in [4.69, 9.17) is 4.74 Å². The number of halogens is 1. The van der Waals surface area contributed by atoms with E-state index >= 15 is 0 Å². The first-order valence-corrected chi connectivity index (χ1v) is 8.24. The van der Waals surface area contributed by atoms with Crippen molar-refractivity contribution < 1.29 is 13.9 Å². The monoisotopic (exact) mass is 322 g/mol. The van der Waals surface area contributed by atoms with Crippen LogP contribution in [0.5, 0.6) is 0 Å². The lowest BCUT2D eigenvalue weighted by Crippen LogP contribution is -2.39. The van der Waals surface area contributed by atoms with Crippen LogP contribution >= 0.6 is 0 Å². The Morgan fingerprint density at radius 3 is 2.65 bits per heavy atom. The van der Waals surface area contributed by atoms with Crippen molar-refractivity contribution >= 4 is 6.09 Å². The van der Waals surface area contributed by atoms with E-state index in [1.807, 2.05) is 33.8 Å². The largest absolute Gasteiger partial charge is 0.444 e. The molecule has 1 aliphatic rings. The molecule has 1 aromatic rings. The number of ether oxygens (including phenoxy) is 1. The predicted octanol–water partition coefficient (Wildman–Crippen LogP) is 3.92. The smallest absolute Gasteiger partial charge is 0.407 e. The summed E-state index contributed by atoms with van der Waals surface area (Å²) in [4.78, 5) is 11.8. The van der Waals surface area contributed by atoms with E-state index in [-0.39, 0.29) is 24.0 Å². The van der Waals surface area contributed by atoms with Crippen LogP contribution in [0.4, 0.5) is 9.18 Å². The summed E-state index contributed by atoms with van der Waals surface area (Å²) in [6, 6.07) is 7.18. The molecule has 128 valence electrons. The van der Waals surface area contributed by atoms with Crippen molar-refractivity contribution in [3.05, 3.63) is 35.6 Å². The van der Waals surface area contributed by atoms with Gasteiger partial charge in [-0.1, -0.05) is 12.1 Å². The fourth-order valence-electron chi connectivity index (χ4n) is 2.96. The van der Waals surface area contributed by atoms with Crippen molar-refractivity contribution in [2.75, 3.05) is 0 Å². The van der Waals surface area contributed by atoms with Crippen LogP contribution in [-0.2, 0) is 4.74 Å². The molecule has 3 unspecified atom stereocenters. The SMILES string of the molecule is CC(NC1CCC(NC(=O)OC(C)(C)C)C1)c1cccc(F)c1. The summed E-state index contributed by atoms with van der Waals surface area (Å²) in [6.07, 6.45) is 2.41. The lowest BCUT2D eigenvalue weighted by atomic mass is 10.1. The number of hydrogen-bond acceptors (Lipinski definition) is 3. The number of carbonyl (C=O) groups is 1. The summed E-state index contributed by atoms with van der Waals surface area (Å²) in [7, 11) is 0. The quantitative estimate of drug-likeness (QED) is 0.883. The summed E-state index contributed by atoms with van der Waals surface area (Å²) in [5.41, 5.74) is 0.459. The van der Waals surface area contributed by atoms with E-state index < -0.39 is 5.60 Å². The molecule has 0 radical (unpaired) electrons. The molecule has 0 heterocycles. The second kappa shape index (κ2) is 7.30. The van der Waals surface area contributed by atoms with Crippen molar-refractivity contribution in [3.8, 4) is 0 Å². The van der Waals surface area contributed by atoms with Crippen molar-refractivity contribution in [1.29, 1.82) is 0 Å². The van der Waals surface area contributed by atoms with Gasteiger partial charge in [0.25, 0.3) is 0 Å². The topological polar surface area (TPSA) is 50.4 Å². The summed E-state index contributed by atoms with van der Waals surface area (Å²) in [6.45, 7) is 7.59. The first-order valence-electron chi connectivity index (χ1n) is 8.24. The Morgan fingerprint density at radius 2 is 2.00 bits per heavy atom. The molecule has 4 nitrogen and oxygen atoms in total. The predicted molar refractivity (Wildman–Crippen MR) is 88.7 cm³/mol. The molecule has 3 atom stereocenters. The fraction of sp³-hybridized carbons (Fsp3) is 0.611. The first kappa shape index (κ1) is 17.7. The average molecular weight is 322 g/mol. The van der Waals surface area contributed by atoms with Gasteiger partial charge < -0.3 is 15.4 Å². The molecular weight excluding hydrogens is 295 g/mol. The Hall–Kier alpha value is -1.62. The highest BCUT2D eigenvalue weighted by Crippen LogP contribution is 2.23. The maximum atomic E-state index is 13.3. The molecule has 2 N–H and O–H groups in total. The van der Waals surface area contributed by atoms with Crippen LogP contribution < -0.4 is 10.6 Å². The Morgan fingerprint density at radius 1 is 1.30 bits per heavy atom. The van der Waals surface area contributed by atoms with Gasteiger partial charge in [0.1, 0.15) is 11.4 Å². The van der Waals surface area contributed by atoms with Crippen LogP contribution in [0.1, 0.15) is 58.6 Å². The van der Waals surface area contributed by atoms with Crippen molar-refractivity contribution in [1.82, 2.24) is 10.6 Å². The number of alkyl carbamates (subject to hydrolysis) is 1. The highest BCUT2D eigenvalue weighted by molar-refractivity contribution is 5.68. The summed E-state index contributed by atoms with van der Waals surface area (Å²) < 4.78 is 18.6. The van der Waals surface area contributed by atoms with E-state index in [2.05, 4.69) is 10.6 Å². The maximum Gasteiger partial charge on any atom is 0.407 e. The van der Waals surface area contributed by atoms with Crippen LogP contribution in [0.2, 0.25) is 0 Å². The van der Waals surface area contributed by atoms with E-state index in [1.165, 1.54) is 6.07 Å². The van der Waals surface area contributed by atoms with Gasteiger partial charge in [-0.15, -0.1) is 0 Å². The standard InChI is InChI=1S/C18H27FN2O2/c1-12(13-6-5-7-14(19)10-13)20-15-8-9-16(11-15)21-17(22)23-18(2,3)4/h5-7,10,12,15-16,20H,8-9,11H2,1-4H3,(H,21,22). The van der Waals surface area contributed by atoms with Crippen LogP contribution in [-0.4, -0.2) is 23.8 Å². The zero-order valence-corrected chi connectivity index (χ0v) is 14.4. The second-order valence-electron chi connectivity index (χ2n) is 7.30. The van der Waals surface area contributed by atoms with E-state index in [0.717, 1.165) is 24.8 Å². The molecule has 0 saturated heterocycles. The number of hydrogen-bond donors (Lipinski definition) is 2. The van der Waals surface area contributed by atoms with Gasteiger partial charge in [0.2, 0.25) is 0 Å². The summed E-state index contributed by atoms with van der Waals surface area (Å²) >= 11 is 0. The molecule has 0 aliphatic heterocycles. The highest BCUT2D eigenvalue weighted by atomic mass is 19.1. The highest BCUT2D eigenvalue weighted by Gasteiger charge is 2.28. The van der Waals surface area contributed by atoms with E-state index in [0.29, 0.717) is 6.04 Å². The average Bonchev–Trinajstić information content (AvgIpc) is 2.83. The van der Waals surface area contributed by atoms with Gasteiger partial charge in [-0.2, -0.15) is 0 Å². The Kier molecular flexibility index (Phi) is 5.63. The minimum atomic E-state index is -0.480. The van der Waals surface area contributed by atoms with Gasteiger partial charge in [-0.05, 0) is 64.7 Å². The zero-order chi connectivity index (χ0) is 17.0. The number of amides is 1. The van der Waals surface area contributed by atoms with Crippen molar-refractivity contribution in [2.45, 2.75) is 70.7 Å². The number of nitrogens with one attached hydrogen (secondary N) is 2. The van der Waals surface area contributed by atoms with Gasteiger partial charge in [0.05, 0.1) is 0 Å². The minimum Gasteiger partial charge on any atom is -0.444 e. The van der Waals surface area contributed by atoms with E-state index in [9.17, 15) is 9.18 Å². The van der Waals surface area contributed by atoms with Crippen LogP contribution in [0, 0.1) is 5.82 Å². The van der Waals surface area contributed by atoms with Crippen molar-refractivity contribution in [3.63, 3.8) is 0 Å². The molecule has 1 amide bonds. The third kappa shape index (κ3) is 5.82. The molecule has 1 aliphatic carbocycles. The van der Waals surface area contributed by atoms with Crippen LogP contribution in [0.25, 0.3) is 0 Å². The van der Waals surface area contributed by atoms with Crippen molar-refractivity contribution in [2.24, 2.45) is 0 Å². The van der Waals surface area contributed by atoms with Gasteiger partial charge in [-0.3, -0.25) is 0 Å². The van der Waals surface area contributed by atoms with Gasteiger partial charge in [-0.25, -0.2) is 9.18 Å². The van der Waals surface area contributed by atoms with E-state index in [1.54, 1.807) is 12.1 Å². The normalized spacial score (nSPS) is 22.7. The summed E-state index contributed by atoms with van der Waals surface area (Å²) in [5, 5.41) is 6.44. The number of benzene rings is 1. The fourth-order valence-corrected chi connectivity index (χ4v) is 2.96. The number of carbonyl (C=O) groups excluding carboxylic acids is 1. The Labute approximate surface area is 137 Å². The van der Waals surface area contributed by atoms with Gasteiger partial charge in [0.15, 0.2) is 0 Å². The summed E-state index contributed by atoms with van der Waals surface area (Å²) in [5.74, 6) is -0.216. The van der Waals surface area contributed by atoms with Gasteiger partial charge in [0, 0.05) is 18.1 Å². The molecule has 2 rings (SSSR count). The molecule has 1 saturated carbocycles. The Balaban J connectivity index is 1.80. The third-order valence-corrected chi connectivity index (χ3v) is 3.99. The lowest BCUT2D eigenvalue weighted by molar-refractivity contribution is 0.0505. The molecule has 0 bridgehead atoms. The molecular formula is C18H27FN2O2. The third-order valence-electron chi connectivity index (χ3n) is 3.99.